The summed E-state index contributed by atoms with van der Waals surface area (Å²) in [6, 6.07) is 23.3. The van der Waals surface area contributed by atoms with Gasteiger partial charge < -0.3 is 5.73 Å². The first-order chi connectivity index (χ1) is 9.75. The Balaban J connectivity index is 2.00. The standard InChI is InChI=1S/C19H19N/c1-14-11-12-18(17-10-6-5-9-16(14)17)19(20)13-15-7-3-2-4-8-15/h2-12,19H,13,20H2,1H3. The van der Waals surface area contributed by atoms with Gasteiger partial charge in [0.2, 0.25) is 0 Å². The normalized spacial score (nSPS) is 12.5. The highest BCUT2D eigenvalue weighted by Gasteiger charge is 2.11. The molecule has 0 radical (unpaired) electrons. The van der Waals surface area contributed by atoms with E-state index < -0.39 is 0 Å². The molecule has 3 aromatic carbocycles. The molecule has 1 atom stereocenters. The average molecular weight is 261 g/mol. The third-order valence-electron chi connectivity index (χ3n) is 3.87. The lowest BCUT2D eigenvalue weighted by molar-refractivity contribution is 0.728. The van der Waals surface area contributed by atoms with Gasteiger partial charge in [-0.3, -0.25) is 0 Å². The summed E-state index contributed by atoms with van der Waals surface area (Å²) in [6.45, 7) is 2.15. The molecule has 100 valence electrons. The molecule has 0 bridgehead atoms. The summed E-state index contributed by atoms with van der Waals surface area (Å²) in [5.74, 6) is 0. The zero-order valence-electron chi connectivity index (χ0n) is 11.7. The van der Waals surface area contributed by atoms with Crippen molar-refractivity contribution in [2.24, 2.45) is 5.73 Å². The average Bonchev–Trinajstić information content (AvgIpc) is 2.49. The quantitative estimate of drug-likeness (QED) is 0.743. The fourth-order valence-electron chi connectivity index (χ4n) is 2.77. The van der Waals surface area contributed by atoms with Crippen LogP contribution >= 0.6 is 0 Å². The Hall–Kier alpha value is -2.12. The first-order valence-electron chi connectivity index (χ1n) is 7.03. The highest BCUT2D eigenvalue weighted by atomic mass is 14.6. The molecule has 0 fully saturated rings. The second kappa shape index (κ2) is 5.48. The number of fused-ring (bicyclic) bond motifs is 1. The van der Waals surface area contributed by atoms with E-state index in [1.807, 2.05) is 6.07 Å². The molecule has 0 saturated carbocycles. The van der Waals surface area contributed by atoms with Crippen molar-refractivity contribution in [3.63, 3.8) is 0 Å². The molecule has 0 aliphatic heterocycles. The van der Waals surface area contributed by atoms with Gasteiger partial charge in [-0.2, -0.15) is 0 Å². The number of rotatable bonds is 3. The SMILES string of the molecule is Cc1ccc(C(N)Cc2ccccc2)c2ccccc12. The van der Waals surface area contributed by atoms with Crippen LogP contribution in [0.15, 0.2) is 66.7 Å². The van der Waals surface area contributed by atoms with Gasteiger partial charge >= 0.3 is 0 Å². The number of hydrogen-bond donors (Lipinski definition) is 1. The topological polar surface area (TPSA) is 26.0 Å². The van der Waals surface area contributed by atoms with E-state index in [1.54, 1.807) is 0 Å². The van der Waals surface area contributed by atoms with Crippen LogP contribution in [0.25, 0.3) is 10.8 Å². The monoisotopic (exact) mass is 261 g/mol. The minimum absolute atomic E-state index is 0.0305. The Labute approximate surface area is 120 Å². The molecule has 3 aromatic rings. The number of benzene rings is 3. The Morgan fingerprint density at radius 1 is 0.800 bits per heavy atom. The number of hydrogen-bond acceptors (Lipinski definition) is 1. The molecule has 0 saturated heterocycles. The van der Waals surface area contributed by atoms with Crippen LogP contribution in [0.4, 0.5) is 0 Å². The largest absolute Gasteiger partial charge is 0.324 e. The third-order valence-corrected chi connectivity index (χ3v) is 3.87. The minimum Gasteiger partial charge on any atom is -0.324 e. The molecule has 1 unspecified atom stereocenters. The predicted octanol–water partition coefficient (Wildman–Crippen LogP) is 4.39. The fraction of sp³-hybridized carbons (Fsp3) is 0.158. The van der Waals surface area contributed by atoms with Crippen LogP contribution < -0.4 is 5.73 Å². The molecule has 20 heavy (non-hydrogen) atoms. The van der Waals surface area contributed by atoms with Crippen molar-refractivity contribution < 1.29 is 0 Å². The summed E-state index contributed by atoms with van der Waals surface area (Å²) in [5.41, 5.74) is 10.3. The van der Waals surface area contributed by atoms with Crippen molar-refractivity contribution in [1.82, 2.24) is 0 Å². The lowest BCUT2D eigenvalue weighted by atomic mass is 9.93. The van der Waals surface area contributed by atoms with Gasteiger partial charge in [0.15, 0.2) is 0 Å². The minimum atomic E-state index is 0.0305. The maximum atomic E-state index is 6.44. The van der Waals surface area contributed by atoms with Gasteiger partial charge in [0.1, 0.15) is 0 Å². The van der Waals surface area contributed by atoms with Crippen LogP contribution in [-0.2, 0) is 6.42 Å². The van der Waals surface area contributed by atoms with Crippen molar-refractivity contribution in [2.45, 2.75) is 19.4 Å². The van der Waals surface area contributed by atoms with Crippen LogP contribution in [0, 0.1) is 6.92 Å². The van der Waals surface area contributed by atoms with E-state index in [9.17, 15) is 0 Å². The molecule has 0 spiro atoms. The lowest BCUT2D eigenvalue weighted by Crippen LogP contribution is -2.13. The van der Waals surface area contributed by atoms with Crippen LogP contribution in [0.1, 0.15) is 22.7 Å². The highest BCUT2D eigenvalue weighted by molar-refractivity contribution is 5.88. The lowest BCUT2D eigenvalue weighted by Gasteiger charge is -2.16. The molecule has 0 aromatic heterocycles. The van der Waals surface area contributed by atoms with Gasteiger partial charge in [-0.25, -0.2) is 0 Å². The van der Waals surface area contributed by atoms with Gasteiger partial charge in [-0.05, 0) is 40.8 Å². The third kappa shape index (κ3) is 2.45. The molecular weight excluding hydrogens is 242 g/mol. The molecule has 3 rings (SSSR count). The molecule has 0 aliphatic rings. The van der Waals surface area contributed by atoms with Gasteiger partial charge in [0, 0.05) is 6.04 Å². The van der Waals surface area contributed by atoms with E-state index >= 15 is 0 Å². The summed E-state index contributed by atoms with van der Waals surface area (Å²) >= 11 is 0. The summed E-state index contributed by atoms with van der Waals surface area (Å²) in [4.78, 5) is 0. The van der Waals surface area contributed by atoms with Crippen molar-refractivity contribution >= 4 is 10.8 Å². The molecule has 1 heteroatoms. The van der Waals surface area contributed by atoms with Crippen LogP contribution in [-0.4, -0.2) is 0 Å². The fourth-order valence-corrected chi connectivity index (χ4v) is 2.77. The van der Waals surface area contributed by atoms with Crippen molar-refractivity contribution in [1.29, 1.82) is 0 Å². The predicted molar refractivity (Wildman–Crippen MR) is 85.8 cm³/mol. The maximum absolute atomic E-state index is 6.44. The maximum Gasteiger partial charge on any atom is 0.0341 e. The number of nitrogens with two attached hydrogens (primary N) is 1. The Morgan fingerprint density at radius 3 is 2.20 bits per heavy atom. The van der Waals surface area contributed by atoms with Gasteiger partial charge in [0.25, 0.3) is 0 Å². The van der Waals surface area contributed by atoms with Crippen LogP contribution in [0.2, 0.25) is 0 Å². The van der Waals surface area contributed by atoms with E-state index in [0.717, 1.165) is 6.42 Å². The molecule has 0 aliphatic carbocycles. The van der Waals surface area contributed by atoms with E-state index in [-0.39, 0.29) is 6.04 Å². The van der Waals surface area contributed by atoms with E-state index in [0.29, 0.717) is 0 Å². The van der Waals surface area contributed by atoms with E-state index in [2.05, 4.69) is 67.6 Å². The molecule has 2 N–H and O–H groups in total. The first kappa shape index (κ1) is 12.9. The van der Waals surface area contributed by atoms with E-state index in [1.165, 1.54) is 27.5 Å². The van der Waals surface area contributed by atoms with Crippen LogP contribution in [0.5, 0.6) is 0 Å². The summed E-state index contributed by atoms with van der Waals surface area (Å²) in [7, 11) is 0. The van der Waals surface area contributed by atoms with Crippen molar-refractivity contribution in [3.05, 3.63) is 83.4 Å². The van der Waals surface area contributed by atoms with Crippen LogP contribution in [0.3, 0.4) is 0 Å². The summed E-state index contributed by atoms with van der Waals surface area (Å²) in [6.07, 6.45) is 0.869. The zero-order chi connectivity index (χ0) is 13.9. The van der Waals surface area contributed by atoms with Gasteiger partial charge in [-0.15, -0.1) is 0 Å². The Bertz CT molecular complexity index is 716. The Morgan fingerprint density at radius 2 is 1.45 bits per heavy atom. The van der Waals surface area contributed by atoms with Crippen molar-refractivity contribution in [2.75, 3.05) is 0 Å². The van der Waals surface area contributed by atoms with E-state index in [4.69, 9.17) is 5.73 Å². The number of aryl methyl sites for hydroxylation is 1. The molecule has 0 amide bonds. The molecule has 0 heterocycles. The molecule has 1 nitrogen and oxygen atoms in total. The van der Waals surface area contributed by atoms with Gasteiger partial charge in [0.05, 0.1) is 0 Å². The van der Waals surface area contributed by atoms with Crippen molar-refractivity contribution in [3.8, 4) is 0 Å². The molecular formula is C19H19N. The second-order valence-corrected chi connectivity index (χ2v) is 5.31. The smallest absolute Gasteiger partial charge is 0.0341 e. The Kier molecular flexibility index (Phi) is 3.53. The van der Waals surface area contributed by atoms with Gasteiger partial charge in [-0.1, -0.05) is 66.7 Å². The summed E-state index contributed by atoms with van der Waals surface area (Å²) in [5, 5.41) is 2.57. The zero-order valence-corrected chi connectivity index (χ0v) is 11.7. The second-order valence-electron chi connectivity index (χ2n) is 5.31. The highest BCUT2D eigenvalue weighted by Crippen LogP contribution is 2.27. The first-order valence-corrected chi connectivity index (χ1v) is 7.03. The summed E-state index contributed by atoms with van der Waals surface area (Å²) < 4.78 is 0.